The third kappa shape index (κ3) is 9.00. The summed E-state index contributed by atoms with van der Waals surface area (Å²) in [5.74, 6) is 0.816. The van der Waals surface area contributed by atoms with E-state index < -0.39 is 12.8 Å². The summed E-state index contributed by atoms with van der Waals surface area (Å²) in [6.45, 7) is 5.58. The number of piperazine rings is 1. The van der Waals surface area contributed by atoms with Gasteiger partial charge in [0.25, 0.3) is 0 Å². The summed E-state index contributed by atoms with van der Waals surface area (Å²) < 4.78 is 40.7. The molecule has 0 amide bonds. The molecule has 154 valence electrons. The molecule has 1 aliphatic heterocycles. The first-order chi connectivity index (χ1) is 12.5. The number of nitrogens with zero attached hydrogens (tertiary/aromatic N) is 3. The van der Waals surface area contributed by atoms with Gasteiger partial charge in [-0.15, -0.1) is 24.0 Å². The van der Waals surface area contributed by atoms with E-state index in [9.17, 15) is 13.2 Å². The van der Waals surface area contributed by atoms with Crippen molar-refractivity contribution in [2.24, 2.45) is 4.99 Å². The van der Waals surface area contributed by atoms with Gasteiger partial charge in [0.15, 0.2) is 5.96 Å². The van der Waals surface area contributed by atoms with Crippen LogP contribution >= 0.6 is 24.0 Å². The van der Waals surface area contributed by atoms with E-state index in [0.717, 1.165) is 38.7 Å². The monoisotopic (exact) mass is 500 g/mol. The van der Waals surface area contributed by atoms with Crippen molar-refractivity contribution in [1.29, 1.82) is 0 Å². The predicted octanol–water partition coefficient (Wildman–Crippen LogP) is 3.36. The van der Waals surface area contributed by atoms with E-state index in [1.807, 2.05) is 25.1 Å². The smallest absolute Gasteiger partial charge is 0.372 e. The number of anilines is 1. The van der Waals surface area contributed by atoms with Crippen LogP contribution in [0.2, 0.25) is 0 Å². The van der Waals surface area contributed by atoms with Crippen LogP contribution in [0.3, 0.4) is 0 Å². The molecule has 2 rings (SSSR count). The van der Waals surface area contributed by atoms with Crippen molar-refractivity contribution in [1.82, 2.24) is 10.2 Å². The van der Waals surface area contributed by atoms with Crippen LogP contribution in [0.25, 0.3) is 0 Å². The Hall–Kier alpha value is -1.23. The van der Waals surface area contributed by atoms with Gasteiger partial charge < -0.3 is 19.9 Å². The first-order valence-corrected chi connectivity index (χ1v) is 8.97. The number of rotatable bonds is 7. The fraction of sp³-hybridized carbons (Fsp3) is 0.611. The standard InChI is InChI=1S/C18H27F3N4O.HI/c1-2-22-17(23-9-6-14-26-15-18(19,20)21)25-12-10-24(11-13-25)16-7-4-3-5-8-16;/h3-5,7-8H,2,6,9-15H2,1H3,(H,22,23);1H. The molecule has 0 radical (unpaired) electrons. The zero-order valence-electron chi connectivity index (χ0n) is 15.5. The van der Waals surface area contributed by atoms with Crippen LogP contribution in [0.15, 0.2) is 35.3 Å². The molecule has 0 spiro atoms. The van der Waals surface area contributed by atoms with Crippen molar-refractivity contribution in [2.45, 2.75) is 19.5 Å². The highest BCUT2D eigenvalue weighted by Crippen LogP contribution is 2.16. The number of ether oxygens (including phenoxy) is 1. The summed E-state index contributed by atoms with van der Waals surface area (Å²) in [4.78, 5) is 9.05. The van der Waals surface area contributed by atoms with Gasteiger partial charge in [0, 0.05) is 51.6 Å². The minimum atomic E-state index is -4.27. The van der Waals surface area contributed by atoms with Gasteiger partial charge in [0.2, 0.25) is 0 Å². The summed E-state index contributed by atoms with van der Waals surface area (Å²) >= 11 is 0. The molecule has 1 heterocycles. The second-order valence-electron chi connectivity index (χ2n) is 6.07. The second kappa shape index (κ2) is 12.3. The third-order valence-electron chi connectivity index (χ3n) is 4.01. The fourth-order valence-electron chi connectivity index (χ4n) is 2.78. The lowest BCUT2D eigenvalue weighted by molar-refractivity contribution is -0.173. The van der Waals surface area contributed by atoms with Crippen LogP contribution in [-0.2, 0) is 4.74 Å². The first-order valence-electron chi connectivity index (χ1n) is 8.97. The maximum atomic E-state index is 12.0. The van der Waals surface area contributed by atoms with Crippen molar-refractivity contribution in [3.8, 4) is 0 Å². The maximum Gasteiger partial charge on any atom is 0.411 e. The quantitative estimate of drug-likeness (QED) is 0.270. The van der Waals surface area contributed by atoms with Gasteiger partial charge in [0.05, 0.1) is 0 Å². The van der Waals surface area contributed by atoms with Crippen LogP contribution in [-0.4, -0.2) is 69.5 Å². The van der Waals surface area contributed by atoms with Crippen molar-refractivity contribution in [3.63, 3.8) is 0 Å². The summed E-state index contributed by atoms with van der Waals surface area (Å²) in [5.41, 5.74) is 1.22. The molecule has 0 atom stereocenters. The lowest BCUT2D eigenvalue weighted by Crippen LogP contribution is -2.52. The first kappa shape index (κ1) is 23.8. The lowest BCUT2D eigenvalue weighted by Gasteiger charge is -2.37. The number of aliphatic imine (C=N–C) groups is 1. The molecule has 1 aromatic carbocycles. The molecule has 1 aromatic rings. The molecule has 9 heteroatoms. The Morgan fingerprint density at radius 2 is 1.81 bits per heavy atom. The van der Waals surface area contributed by atoms with E-state index in [2.05, 4.69) is 37.0 Å². The van der Waals surface area contributed by atoms with Gasteiger partial charge in [-0.05, 0) is 25.5 Å². The van der Waals surface area contributed by atoms with E-state index in [1.165, 1.54) is 5.69 Å². The molecule has 1 N–H and O–H groups in total. The Kier molecular flexibility index (Phi) is 10.8. The number of hydrogen-bond donors (Lipinski definition) is 1. The molecule has 0 saturated carbocycles. The van der Waals surface area contributed by atoms with Gasteiger partial charge >= 0.3 is 6.18 Å². The highest BCUT2D eigenvalue weighted by atomic mass is 127. The average molecular weight is 500 g/mol. The minimum absolute atomic E-state index is 0. The van der Waals surface area contributed by atoms with Crippen LogP contribution in [0.5, 0.6) is 0 Å². The molecule has 1 aliphatic rings. The van der Waals surface area contributed by atoms with Crippen LogP contribution < -0.4 is 10.2 Å². The highest BCUT2D eigenvalue weighted by molar-refractivity contribution is 14.0. The number of benzene rings is 1. The molecule has 27 heavy (non-hydrogen) atoms. The lowest BCUT2D eigenvalue weighted by atomic mass is 10.2. The van der Waals surface area contributed by atoms with Gasteiger partial charge in [-0.2, -0.15) is 13.2 Å². The number of guanidine groups is 1. The third-order valence-corrected chi connectivity index (χ3v) is 4.01. The van der Waals surface area contributed by atoms with Gasteiger partial charge in [-0.3, -0.25) is 4.99 Å². The van der Waals surface area contributed by atoms with Crippen LogP contribution in [0, 0.1) is 0 Å². The van der Waals surface area contributed by atoms with Crippen molar-refractivity contribution in [3.05, 3.63) is 30.3 Å². The van der Waals surface area contributed by atoms with Crippen molar-refractivity contribution < 1.29 is 17.9 Å². The molecule has 5 nitrogen and oxygen atoms in total. The summed E-state index contributed by atoms with van der Waals surface area (Å²) in [5, 5.41) is 3.26. The average Bonchev–Trinajstić information content (AvgIpc) is 2.64. The number of nitrogens with one attached hydrogen (secondary N) is 1. The molecule has 0 bridgehead atoms. The van der Waals surface area contributed by atoms with Crippen LogP contribution in [0.4, 0.5) is 18.9 Å². The Bertz CT molecular complexity index is 549. The molecule has 1 saturated heterocycles. The molecule has 1 fully saturated rings. The second-order valence-corrected chi connectivity index (χ2v) is 6.07. The zero-order valence-corrected chi connectivity index (χ0v) is 17.9. The van der Waals surface area contributed by atoms with E-state index in [0.29, 0.717) is 13.0 Å². The van der Waals surface area contributed by atoms with Crippen molar-refractivity contribution in [2.75, 3.05) is 57.4 Å². The van der Waals surface area contributed by atoms with E-state index in [-0.39, 0.29) is 30.6 Å². The van der Waals surface area contributed by atoms with E-state index in [4.69, 9.17) is 0 Å². The molecular formula is C18H28F3IN4O. The van der Waals surface area contributed by atoms with Crippen molar-refractivity contribution >= 4 is 35.6 Å². The van der Waals surface area contributed by atoms with E-state index in [1.54, 1.807) is 0 Å². The van der Waals surface area contributed by atoms with Gasteiger partial charge in [0.1, 0.15) is 6.61 Å². The molecule has 0 unspecified atom stereocenters. The van der Waals surface area contributed by atoms with Crippen LogP contribution in [0.1, 0.15) is 13.3 Å². The highest BCUT2D eigenvalue weighted by Gasteiger charge is 2.27. The minimum Gasteiger partial charge on any atom is -0.372 e. The predicted molar refractivity (Wildman–Crippen MR) is 113 cm³/mol. The van der Waals surface area contributed by atoms with Gasteiger partial charge in [-0.1, -0.05) is 18.2 Å². The normalized spacial score (nSPS) is 15.5. The molecular weight excluding hydrogens is 472 g/mol. The van der Waals surface area contributed by atoms with E-state index >= 15 is 0 Å². The largest absolute Gasteiger partial charge is 0.411 e. The van der Waals surface area contributed by atoms with Gasteiger partial charge in [-0.25, -0.2) is 0 Å². The number of hydrogen-bond acceptors (Lipinski definition) is 3. The maximum absolute atomic E-state index is 12.0. The number of halogens is 4. The number of para-hydroxylation sites is 1. The Morgan fingerprint density at radius 3 is 2.41 bits per heavy atom. The summed E-state index contributed by atoms with van der Waals surface area (Å²) in [6, 6.07) is 10.3. The zero-order chi connectivity index (χ0) is 18.8. The fourth-order valence-corrected chi connectivity index (χ4v) is 2.78. The summed E-state index contributed by atoms with van der Waals surface area (Å²) in [7, 11) is 0. The Balaban J connectivity index is 0.00000364. The summed E-state index contributed by atoms with van der Waals surface area (Å²) in [6.07, 6.45) is -3.80. The SMILES string of the molecule is CCNC(=NCCCOCC(F)(F)F)N1CCN(c2ccccc2)CC1.I. The number of alkyl halides is 3. The Morgan fingerprint density at radius 1 is 1.15 bits per heavy atom. The molecule has 0 aliphatic carbocycles. The molecule has 0 aromatic heterocycles. The topological polar surface area (TPSA) is 40.1 Å². The Labute approximate surface area is 176 Å².